The molecule has 2 unspecified atom stereocenters. The van der Waals surface area contributed by atoms with Gasteiger partial charge >= 0.3 is 5.97 Å². The molecule has 1 aliphatic rings. The smallest absolute Gasteiger partial charge is 0.319 e. The Morgan fingerprint density at radius 3 is 2.65 bits per heavy atom. The molecular weight excluding hydrogens is 254 g/mol. The Bertz CT molecular complexity index is 645. The number of ether oxygens (including phenoxy) is 1. The molecule has 3 rings (SSSR count). The Morgan fingerprint density at radius 2 is 1.95 bits per heavy atom. The van der Waals surface area contributed by atoms with Gasteiger partial charge in [0.25, 0.3) is 0 Å². The van der Waals surface area contributed by atoms with Gasteiger partial charge in [0.2, 0.25) is 5.91 Å². The third kappa shape index (κ3) is 1.84. The van der Waals surface area contributed by atoms with E-state index in [-0.39, 0.29) is 18.4 Å². The predicted molar refractivity (Wildman–Crippen MR) is 73.5 cm³/mol. The predicted octanol–water partition coefficient (Wildman–Crippen LogP) is 2.45. The van der Waals surface area contributed by atoms with Gasteiger partial charge in [-0.1, -0.05) is 30.3 Å². The molecule has 4 nitrogen and oxygen atoms in total. The van der Waals surface area contributed by atoms with E-state index in [9.17, 15) is 9.59 Å². The second-order valence-electron chi connectivity index (χ2n) is 4.76. The van der Waals surface area contributed by atoms with E-state index in [4.69, 9.17) is 4.74 Å². The van der Waals surface area contributed by atoms with Crippen LogP contribution >= 0.6 is 0 Å². The molecule has 2 atom stereocenters. The second-order valence-corrected chi connectivity index (χ2v) is 4.76. The molecule has 1 aromatic carbocycles. The number of rotatable bonds is 3. The average molecular weight is 269 g/mol. The summed E-state index contributed by atoms with van der Waals surface area (Å²) >= 11 is 0. The summed E-state index contributed by atoms with van der Waals surface area (Å²) in [6.45, 7) is 2.02. The van der Waals surface area contributed by atoms with Crippen LogP contribution in [0.5, 0.6) is 0 Å². The number of hydrogen-bond acceptors (Lipinski definition) is 3. The van der Waals surface area contributed by atoms with Gasteiger partial charge in [-0.25, -0.2) is 0 Å². The fourth-order valence-electron chi connectivity index (χ4n) is 2.80. The fourth-order valence-corrected chi connectivity index (χ4v) is 2.80. The SMILES string of the molecule is CCOC(=O)C1C(=O)n2cccc2C1c1ccccc1. The van der Waals surface area contributed by atoms with Crippen molar-refractivity contribution in [2.45, 2.75) is 12.8 Å². The summed E-state index contributed by atoms with van der Waals surface area (Å²) in [6.07, 6.45) is 1.70. The maximum absolute atomic E-state index is 12.4. The first-order chi connectivity index (χ1) is 9.74. The molecule has 0 N–H and O–H groups in total. The molecule has 1 aromatic heterocycles. The Kier molecular flexibility index (Phi) is 3.14. The quantitative estimate of drug-likeness (QED) is 0.635. The van der Waals surface area contributed by atoms with Crippen molar-refractivity contribution in [2.24, 2.45) is 5.92 Å². The Balaban J connectivity index is 2.07. The Hall–Kier alpha value is -2.36. The fraction of sp³-hybridized carbons (Fsp3) is 0.250. The van der Waals surface area contributed by atoms with E-state index in [0.717, 1.165) is 11.3 Å². The number of benzene rings is 1. The minimum absolute atomic E-state index is 0.211. The molecule has 0 saturated heterocycles. The van der Waals surface area contributed by atoms with Crippen LogP contribution in [0.25, 0.3) is 0 Å². The standard InChI is InChI=1S/C16H15NO3/c1-2-20-16(19)14-13(11-7-4-3-5-8-11)12-9-6-10-17(12)15(14)18/h3-10,13-14H,2H2,1H3. The van der Waals surface area contributed by atoms with Crippen molar-refractivity contribution in [1.82, 2.24) is 4.57 Å². The Morgan fingerprint density at radius 1 is 1.20 bits per heavy atom. The summed E-state index contributed by atoms with van der Waals surface area (Å²) < 4.78 is 6.63. The second kappa shape index (κ2) is 4.96. The lowest BCUT2D eigenvalue weighted by Gasteiger charge is -2.16. The lowest BCUT2D eigenvalue weighted by molar-refractivity contribution is -0.146. The van der Waals surface area contributed by atoms with Crippen molar-refractivity contribution in [3.05, 3.63) is 59.9 Å². The summed E-state index contributed by atoms with van der Waals surface area (Å²) in [4.78, 5) is 24.6. The van der Waals surface area contributed by atoms with Crippen LogP contribution in [0.1, 0.15) is 28.9 Å². The molecule has 0 bridgehead atoms. The highest BCUT2D eigenvalue weighted by Crippen LogP contribution is 2.39. The van der Waals surface area contributed by atoms with Crippen molar-refractivity contribution in [3.8, 4) is 0 Å². The van der Waals surface area contributed by atoms with Gasteiger partial charge in [-0.2, -0.15) is 0 Å². The lowest BCUT2D eigenvalue weighted by atomic mass is 9.86. The minimum atomic E-state index is -0.784. The van der Waals surface area contributed by atoms with Gasteiger partial charge in [0.15, 0.2) is 0 Å². The largest absolute Gasteiger partial charge is 0.465 e. The third-order valence-electron chi connectivity index (χ3n) is 3.63. The average Bonchev–Trinajstić information content (AvgIpc) is 3.02. The first-order valence-electron chi connectivity index (χ1n) is 6.67. The van der Waals surface area contributed by atoms with Crippen LogP contribution in [0.4, 0.5) is 0 Å². The van der Waals surface area contributed by atoms with Crippen LogP contribution in [0.2, 0.25) is 0 Å². The zero-order chi connectivity index (χ0) is 14.1. The number of nitrogens with zero attached hydrogens (tertiary/aromatic N) is 1. The lowest BCUT2D eigenvalue weighted by Crippen LogP contribution is -2.28. The van der Waals surface area contributed by atoms with Crippen LogP contribution in [0.15, 0.2) is 48.7 Å². The molecule has 0 fully saturated rings. The normalized spacial score (nSPS) is 20.8. The summed E-state index contributed by atoms with van der Waals surface area (Å²) in [5.74, 6) is -1.71. The topological polar surface area (TPSA) is 48.3 Å². The van der Waals surface area contributed by atoms with E-state index in [2.05, 4.69) is 0 Å². The molecule has 0 radical (unpaired) electrons. The summed E-state index contributed by atoms with van der Waals surface area (Å²) in [7, 11) is 0. The molecule has 2 heterocycles. The van der Waals surface area contributed by atoms with Gasteiger partial charge < -0.3 is 4.74 Å². The van der Waals surface area contributed by atoms with Gasteiger partial charge in [0.05, 0.1) is 6.61 Å². The highest BCUT2D eigenvalue weighted by atomic mass is 16.5. The van der Waals surface area contributed by atoms with Crippen molar-refractivity contribution in [2.75, 3.05) is 6.61 Å². The van der Waals surface area contributed by atoms with E-state index < -0.39 is 11.9 Å². The van der Waals surface area contributed by atoms with Gasteiger partial charge in [-0.05, 0) is 24.6 Å². The molecule has 0 aliphatic carbocycles. The molecule has 2 aromatic rings. The summed E-state index contributed by atoms with van der Waals surface area (Å²) in [5.41, 5.74) is 1.80. The van der Waals surface area contributed by atoms with Crippen LogP contribution in [0, 0.1) is 5.92 Å². The highest BCUT2D eigenvalue weighted by Gasteiger charge is 2.45. The molecule has 4 heteroatoms. The number of hydrogen-bond donors (Lipinski definition) is 0. The van der Waals surface area contributed by atoms with Crippen molar-refractivity contribution >= 4 is 11.9 Å². The van der Waals surface area contributed by atoms with Crippen LogP contribution in [0.3, 0.4) is 0 Å². The van der Waals surface area contributed by atoms with Crippen molar-refractivity contribution in [1.29, 1.82) is 0 Å². The molecular formula is C16H15NO3. The minimum Gasteiger partial charge on any atom is -0.465 e. The molecule has 0 saturated carbocycles. The molecule has 0 amide bonds. The van der Waals surface area contributed by atoms with Gasteiger partial charge in [0.1, 0.15) is 5.92 Å². The van der Waals surface area contributed by atoms with Gasteiger partial charge in [0, 0.05) is 17.8 Å². The Labute approximate surface area is 117 Å². The number of carbonyl (C=O) groups excluding carboxylic acids is 2. The first kappa shape index (κ1) is 12.7. The van der Waals surface area contributed by atoms with E-state index in [1.807, 2.05) is 42.5 Å². The molecule has 20 heavy (non-hydrogen) atoms. The van der Waals surface area contributed by atoms with E-state index in [1.54, 1.807) is 17.7 Å². The monoisotopic (exact) mass is 269 g/mol. The summed E-state index contributed by atoms with van der Waals surface area (Å²) in [5, 5.41) is 0. The van der Waals surface area contributed by atoms with Crippen LogP contribution < -0.4 is 0 Å². The highest BCUT2D eigenvalue weighted by molar-refractivity contribution is 6.03. The first-order valence-corrected chi connectivity index (χ1v) is 6.67. The maximum atomic E-state index is 12.4. The number of esters is 1. The van der Waals surface area contributed by atoms with Crippen molar-refractivity contribution < 1.29 is 14.3 Å². The zero-order valence-corrected chi connectivity index (χ0v) is 11.2. The van der Waals surface area contributed by atoms with E-state index in [1.165, 1.54) is 0 Å². The van der Waals surface area contributed by atoms with Gasteiger partial charge in [-0.3, -0.25) is 14.2 Å². The number of carbonyl (C=O) groups is 2. The number of aromatic nitrogens is 1. The van der Waals surface area contributed by atoms with Crippen molar-refractivity contribution in [3.63, 3.8) is 0 Å². The summed E-state index contributed by atoms with van der Waals surface area (Å²) in [6, 6.07) is 13.3. The zero-order valence-electron chi connectivity index (χ0n) is 11.2. The van der Waals surface area contributed by atoms with E-state index in [0.29, 0.717) is 0 Å². The molecule has 102 valence electrons. The van der Waals surface area contributed by atoms with Crippen LogP contribution in [-0.4, -0.2) is 23.1 Å². The van der Waals surface area contributed by atoms with E-state index >= 15 is 0 Å². The van der Waals surface area contributed by atoms with Crippen LogP contribution in [-0.2, 0) is 9.53 Å². The van der Waals surface area contributed by atoms with Gasteiger partial charge in [-0.15, -0.1) is 0 Å². The maximum Gasteiger partial charge on any atom is 0.319 e. The molecule has 1 aliphatic heterocycles. The number of fused-ring (bicyclic) bond motifs is 1. The molecule has 0 spiro atoms. The third-order valence-corrected chi connectivity index (χ3v) is 3.63.